The van der Waals surface area contributed by atoms with E-state index >= 15 is 0 Å². The fourth-order valence-electron chi connectivity index (χ4n) is 2.72. The zero-order chi connectivity index (χ0) is 19.0. The number of carbonyl (C=O) groups is 1. The molecule has 0 fully saturated rings. The van der Waals surface area contributed by atoms with Crippen LogP contribution in [0.4, 0.5) is 5.82 Å². The van der Waals surface area contributed by atoms with Crippen molar-refractivity contribution in [2.24, 2.45) is 0 Å². The second kappa shape index (κ2) is 7.13. The summed E-state index contributed by atoms with van der Waals surface area (Å²) in [4.78, 5) is 19.2. The maximum Gasteiger partial charge on any atom is 0.251 e. The second-order valence-corrected chi connectivity index (χ2v) is 8.20. The highest BCUT2D eigenvalue weighted by molar-refractivity contribution is 9.10. The number of halogens is 1. The SMILES string of the molecule is Cc1ccc(-c2nc3cc(C(=O)NCc4ccccc4Br)cc(N)n3n2)s1. The van der Waals surface area contributed by atoms with Crippen LogP contribution in [0.2, 0.25) is 0 Å². The van der Waals surface area contributed by atoms with E-state index in [9.17, 15) is 4.79 Å². The second-order valence-electron chi connectivity index (χ2n) is 6.06. The Morgan fingerprint density at radius 3 is 2.81 bits per heavy atom. The lowest BCUT2D eigenvalue weighted by molar-refractivity contribution is 0.0951. The number of amides is 1. The number of hydrogen-bond donors (Lipinski definition) is 2. The van der Waals surface area contributed by atoms with Gasteiger partial charge < -0.3 is 11.1 Å². The fraction of sp³-hybridized carbons (Fsp3) is 0.105. The maximum atomic E-state index is 12.6. The van der Waals surface area contributed by atoms with Gasteiger partial charge in [0.15, 0.2) is 11.5 Å². The molecular formula is C19H16BrN5OS. The quantitative estimate of drug-likeness (QED) is 0.500. The first-order chi connectivity index (χ1) is 13.0. The van der Waals surface area contributed by atoms with Gasteiger partial charge >= 0.3 is 0 Å². The summed E-state index contributed by atoms with van der Waals surface area (Å²) in [6, 6.07) is 15.1. The number of nitrogens with zero attached hydrogens (tertiary/aromatic N) is 3. The van der Waals surface area contributed by atoms with Gasteiger partial charge in [-0.1, -0.05) is 34.1 Å². The van der Waals surface area contributed by atoms with Crippen LogP contribution in [-0.2, 0) is 6.54 Å². The van der Waals surface area contributed by atoms with Crippen molar-refractivity contribution in [1.29, 1.82) is 0 Å². The van der Waals surface area contributed by atoms with E-state index in [0.717, 1.165) is 14.9 Å². The molecule has 27 heavy (non-hydrogen) atoms. The molecule has 1 aromatic carbocycles. The highest BCUT2D eigenvalue weighted by Gasteiger charge is 2.14. The summed E-state index contributed by atoms with van der Waals surface area (Å²) in [5.41, 5.74) is 8.09. The highest BCUT2D eigenvalue weighted by Crippen LogP contribution is 2.26. The molecule has 0 radical (unpaired) electrons. The largest absolute Gasteiger partial charge is 0.384 e. The molecule has 0 atom stereocenters. The summed E-state index contributed by atoms with van der Waals surface area (Å²) in [6.45, 7) is 2.45. The van der Waals surface area contributed by atoms with E-state index in [2.05, 4.69) is 31.3 Å². The Morgan fingerprint density at radius 1 is 1.26 bits per heavy atom. The van der Waals surface area contributed by atoms with Gasteiger partial charge in [-0.05, 0) is 42.8 Å². The first kappa shape index (κ1) is 17.7. The number of nitrogens with one attached hydrogen (secondary N) is 1. The summed E-state index contributed by atoms with van der Waals surface area (Å²) in [5, 5.41) is 7.36. The smallest absolute Gasteiger partial charge is 0.251 e. The van der Waals surface area contributed by atoms with E-state index in [1.807, 2.05) is 43.3 Å². The molecule has 0 saturated heterocycles. The number of benzene rings is 1. The molecule has 4 aromatic rings. The first-order valence-corrected chi connectivity index (χ1v) is 9.87. The molecular weight excluding hydrogens is 426 g/mol. The number of aryl methyl sites for hydroxylation is 1. The Bertz CT molecular complexity index is 1150. The van der Waals surface area contributed by atoms with Gasteiger partial charge in [-0.15, -0.1) is 16.4 Å². The van der Waals surface area contributed by atoms with Gasteiger partial charge in [-0.25, -0.2) is 4.98 Å². The molecule has 1 amide bonds. The van der Waals surface area contributed by atoms with Crippen LogP contribution in [0, 0.1) is 6.92 Å². The number of hydrogen-bond acceptors (Lipinski definition) is 5. The Kier molecular flexibility index (Phi) is 4.67. The molecule has 0 saturated carbocycles. The molecule has 136 valence electrons. The maximum absolute atomic E-state index is 12.6. The van der Waals surface area contributed by atoms with Crippen LogP contribution >= 0.6 is 27.3 Å². The molecule has 3 aromatic heterocycles. The first-order valence-electron chi connectivity index (χ1n) is 8.26. The van der Waals surface area contributed by atoms with Gasteiger partial charge in [0.2, 0.25) is 0 Å². The van der Waals surface area contributed by atoms with Gasteiger partial charge in [0, 0.05) is 21.5 Å². The van der Waals surface area contributed by atoms with E-state index < -0.39 is 0 Å². The Balaban J connectivity index is 1.60. The van der Waals surface area contributed by atoms with Crippen molar-refractivity contribution < 1.29 is 4.79 Å². The minimum absolute atomic E-state index is 0.212. The minimum Gasteiger partial charge on any atom is -0.384 e. The van der Waals surface area contributed by atoms with Crippen molar-refractivity contribution in [2.75, 3.05) is 5.73 Å². The third-order valence-electron chi connectivity index (χ3n) is 4.08. The van der Waals surface area contributed by atoms with Crippen molar-refractivity contribution >= 4 is 44.6 Å². The molecule has 0 unspecified atom stereocenters. The average molecular weight is 442 g/mol. The lowest BCUT2D eigenvalue weighted by Gasteiger charge is -2.08. The van der Waals surface area contributed by atoms with Crippen LogP contribution in [0.1, 0.15) is 20.8 Å². The average Bonchev–Trinajstić information content (AvgIpc) is 3.27. The van der Waals surface area contributed by atoms with Crippen LogP contribution < -0.4 is 11.1 Å². The molecule has 8 heteroatoms. The van der Waals surface area contributed by atoms with E-state index in [0.29, 0.717) is 29.4 Å². The van der Waals surface area contributed by atoms with Crippen LogP contribution in [-0.4, -0.2) is 20.5 Å². The lowest BCUT2D eigenvalue weighted by atomic mass is 10.2. The summed E-state index contributed by atoms with van der Waals surface area (Å²) in [7, 11) is 0. The van der Waals surface area contributed by atoms with Crippen LogP contribution in [0.15, 0.2) is 53.0 Å². The number of pyridine rings is 1. The number of aromatic nitrogens is 3. The zero-order valence-corrected chi connectivity index (χ0v) is 16.8. The Morgan fingerprint density at radius 2 is 2.07 bits per heavy atom. The van der Waals surface area contributed by atoms with E-state index in [4.69, 9.17) is 5.73 Å². The Labute approximate surface area is 168 Å². The topological polar surface area (TPSA) is 85.3 Å². The summed E-state index contributed by atoms with van der Waals surface area (Å²) >= 11 is 5.10. The molecule has 4 rings (SSSR count). The number of carbonyl (C=O) groups excluding carboxylic acids is 1. The fourth-order valence-corrected chi connectivity index (χ4v) is 3.94. The lowest BCUT2D eigenvalue weighted by Crippen LogP contribution is -2.23. The van der Waals surface area contributed by atoms with Crippen LogP contribution in [0.3, 0.4) is 0 Å². The molecule has 0 aliphatic heterocycles. The summed E-state index contributed by atoms with van der Waals surface area (Å²) < 4.78 is 2.50. The van der Waals surface area contributed by atoms with Crippen molar-refractivity contribution in [1.82, 2.24) is 19.9 Å². The number of fused-ring (bicyclic) bond motifs is 1. The highest BCUT2D eigenvalue weighted by atomic mass is 79.9. The number of thiophene rings is 1. The van der Waals surface area contributed by atoms with E-state index in [-0.39, 0.29) is 5.91 Å². The molecule has 0 bridgehead atoms. The number of anilines is 1. The number of rotatable bonds is 4. The predicted octanol–water partition coefficient (Wildman–Crippen LogP) is 4.04. The van der Waals surface area contributed by atoms with Crippen LogP contribution in [0.5, 0.6) is 0 Å². The van der Waals surface area contributed by atoms with Crippen molar-refractivity contribution in [2.45, 2.75) is 13.5 Å². The third-order valence-corrected chi connectivity index (χ3v) is 5.86. The van der Waals surface area contributed by atoms with Gasteiger partial charge in [0.25, 0.3) is 5.91 Å². The van der Waals surface area contributed by atoms with Crippen LogP contribution in [0.25, 0.3) is 16.3 Å². The normalized spacial score (nSPS) is 11.0. The standard InChI is InChI=1S/C19H16BrN5OS/c1-11-6-7-15(27-11)18-23-17-9-13(8-16(21)25(17)24-18)19(26)22-10-12-4-2-3-5-14(12)20/h2-9H,10,21H2,1H3,(H,22,26). The molecule has 0 aliphatic carbocycles. The van der Waals surface area contributed by atoms with E-state index in [1.54, 1.807) is 28.0 Å². The number of nitrogens with two attached hydrogens (primary N) is 1. The molecule has 6 nitrogen and oxygen atoms in total. The predicted molar refractivity (Wildman–Crippen MR) is 111 cm³/mol. The van der Waals surface area contributed by atoms with Gasteiger partial charge in [-0.3, -0.25) is 4.79 Å². The minimum atomic E-state index is -0.212. The zero-order valence-electron chi connectivity index (χ0n) is 14.4. The van der Waals surface area contributed by atoms with Gasteiger partial charge in [0.1, 0.15) is 5.82 Å². The monoisotopic (exact) mass is 441 g/mol. The van der Waals surface area contributed by atoms with E-state index in [1.165, 1.54) is 4.88 Å². The van der Waals surface area contributed by atoms with Crippen molar-refractivity contribution in [3.05, 3.63) is 69.0 Å². The van der Waals surface area contributed by atoms with Crippen molar-refractivity contribution in [3.63, 3.8) is 0 Å². The summed E-state index contributed by atoms with van der Waals surface area (Å²) in [6.07, 6.45) is 0. The third kappa shape index (κ3) is 3.58. The van der Waals surface area contributed by atoms with Gasteiger partial charge in [0.05, 0.1) is 4.88 Å². The molecule has 3 N–H and O–H groups in total. The summed E-state index contributed by atoms with van der Waals surface area (Å²) in [5.74, 6) is 0.757. The molecule has 0 aliphatic rings. The molecule has 0 spiro atoms. The molecule has 3 heterocycles. The van der Waals surface area contributed by atoms with Crippen molar-refractivity contribution in [3.8, 4) is 10.7 Å². The van der Waals surface area contributed by atoms with Gasteiger partial charge in [-0.2, -0.15) is 4.52 Å². The number of nitrogen functional groups attached to an aromatic ring is 1. The Hall–Kier alpha value is -2.71.